The molecule has 0 bridgehead atoms. The number of sulfone groups is 1. The van der Waals surface area contributed by atoms with Gasteiger partial charge in [0.2, 0.25) is 5.91 Å². The SMILES string of the molecule is COc1ccc(S(=O)(=O)C2CN(C(=O)CC3CCCCC3)C2)cc1. The zero-order valence-electron chi connectivity index (χ0n) is 14.1. The van der Waals surface area contributed by atoms with E-state index in [0.29, 0.717) is 36.1 Å². The molecule has 1 heterocycles. The summed E-state index contributed by atoms with van der Waals surface area (Å²) in [5.74, 6) is 1.23. The van der Waals surface area contributed by atoms with E-state index in [1.807, 2.05) is 0 Å². The van der Waals surface area contributed by atoms with Gasteiger partial charge in [-0.1, -0.05) is 19.3 Å². The largest absolute Gasteiger partial charge is 0.497 e. The van der Waals surface area contributed by atoms with Crippen molar-refractivity contribution in [1.29, 1.82) is 0 Å². The highest BCUT2D eigenvalue weighted by atomic mass is 32.2. The lowest BCUT2D eigenvalue weighted by Crippen LogP contribution is -2.57. The van der Waals surface area contributed by atoms with Gasteiger partial charge in [0.25, 0.3) is 0 Å². The van der Waals surface area contributed by atoms with Crippen LogP contribution in [0.1, 0.15) is 38.5 Å². The van der Waals surface area contributed by atoms with E-state index in [-0.39, 0.29) is 5.91 Å². The summed E-state index contributed by atoms with van der Waals surface area (Å²) in [6.45, 7) is 0.639. The summed E-state index contributed by atoms with van der Waals surface area (Å²) in [5, 5.41) is -0.485. The number of methoxy groups -OCH3 is 1. The maximum atomic E-state index is 12.6. The minimum atomic E-state index is -3.38. The Labute approximate surface area is 143 Å². The number of amides is 1. The summed E-state index contributed by atoms with van der Waals surface area (Å²) in [6, 6.07) is 6.44. The monoisotopic (exact) mass is 351 g/mol. The lowest BCUT2D eigenvalue weighted by Gasteiger charge is -2.39. The molecule has 0 spiro atoms. The Bertz CT molecular complexity index is 671. The van der Waals surface area contributed by atoms with Crippen LogP contribution in [0.4, 0.5) is 0 Å². The number of rotatable bonds is 5. The van der Waals surface area contributed by atoms with E-state index in [1.54, 1.807) is 36.3 Å². The van der Waals surface area contributed by atoms with Crippen LogP contribution in [-0.4, -0.2) is 44.7 Å². The Kier molecular flexibility index (Phi) is 5.13. The van der Waals surface area contributed by atoms with E-state index in [9.17, 15) is 13.2 Å². The molecule has 24 heavy (non-hydrogen) atoms. The van der Waals surface area contributed by atoms with Crippen molar-refractivity contribution in [2.45, 2.75) is 48.7 Å². The number of hydrogen-bond acceptors (Lipinski definition) is 4. The lowest BCUT2D eigenvalue weighted by molar-refractivity contribution is -0.135. The van der Waals surface area contributed by atoms with Gasteiger partial charge in [0, 0.05) is 19.5 Å². The van der Waals surface area contributed by atoms with Crippen molar-refractivity contribution in [2.75, 3.05) is 20.2 Å². The molecule has 1 saturated heterocycles. The summed E-state index contributed by atoms with van der Waals surface area (Å²) >= 11 is 0. The third-order valence-corrected chi connectivity index (χ3v) is 7.32. The van der Waals surface area contributed by atoms with E-state index in [1.165, 1.54) is 19.3 Å². The molecule has 6 heteroatoms. The van der Waals surface area contributed by atoms with Crippen molar-refractivity contribution < 1.29 is 17.9 Å². The molecular weight excluding hydrogens is 326 g/mol. The molecule has 132 valence electrons. The molecule has 0 radical (unpaired) electrons. The van der Waals surface area contributed by atoms with Crippen molar-refractivity contribution in [3.8, 4) is 5.75 Å². The summed E-state index contributed by atoms with van der Waals surface area (Å²) in [6.07, 6.45) is 6.55. The predicted octanol–water partition coefficient (Wildman–Crippen LogP) is 2.65. The molecule has 0 atom stereocenters. The normalized spacial score (nSPS) is 19.8. The first-order valence-electron chi connectivity index (χ1n) is 8.66. The van der Waals surface area contributed by atoms with Crippen molar-refractivity contribution in [1.82, 2.24) is 4.90 Å². The van der Waals surface area contributed by atoms with Crippen LogP contribution in [0.3, 0.4) is 0 Å². The van der Waals surface area contributed by atoms with Crippen LogP contribution in [0.15, 0.2) is 29.2 Å². The van der Waals surface area contributed by atoms with E-state index in [2.05, 4.69) is 0 Å². The molecular formula is C18H25NO4S. The number of ether oxygens (including phenoxy) is 1. The second-order valence-electron chi connectivity index (χ2n) is 6.85. The van der Waals surface area contributed by atoms with Gasteiger partial charge in [-0.15, -0.1) is 0 Å². The molecule has 3 rings (SSSR count). The Morgan fingerprint density at radius 2 is 1.75 bits per heavy atom. The Balaban J connectivity index is 1.55. The second kappa shape index (κ2) is 7.13. The molecule has 1 aliphatic carbocycles. The molecule has 5 nitrogen and oxygen atoms in total. The number of carbonyl (C=O) groups is 1. The fourth-order valence-corrected chi connectivity index (χ4v) is 5.22. The summed E-state index contributed by atoms with van der Waals surface area (Å²) in [7, 11) is -1.83. The average Bonchev–Trinajstić information content (AvgIpc) is 2.54. The zero-order valence-corrected chi connectivity index (χ0v) is 14.9. The van der Waals surface area contributed by atoms with E-state index in [0.717, 1.165) is 12.8 Å². The first-order chi connectivity index (χ1) is 11.5. The minimum absolute atomic E-state index is 0.114. The van der Waals surface area contributed by atoms with Gasteiger partial charge in [-0.05, 0) is 43.0 Å². The van der Waals surface area contributed by atoms with Crippen LogP contribution < -0.4 is 4.74 Å². The van der Waals surface area contributed by atoms with Gasteiger partial charge < -0.3 is 9.64 Å². The van der Waals surface area contributed by atoms with Crippen LogP contribution in [0.5, 0.6) is 5.75 Å². The number of nitrogens with zero attached hydrogens (tertiary/aromatic N) is 1. The highest BCUT2D eigenvalue weighted by Crippen LogP contribution is 2.30. The third kappa shape index (κ3) is 3.58. The molecule has 0 unspecified atom stereocenters. The molecule has 1 aliphatic heterocycles. The van der Waals surface area contributed by atoms with Crippen LogP contribution in [0, 0.1) is 5.92 Å². The van der Waals surface area contributed by atoms with Crippen LogP contribution in [0.2, 0.25) is 0 Å². The molecule has 0 N–H and O–H groups in total. The van der Waals surface area contributed by atoms with Gasteiger partial charge in [0.15, 0.2) is 9.84 Å². The van der Waals surface area contributed by atoms with Crippen LogP contribution >= 0.6 is 0 Å². The zero-order chi connectivity index (χ0) is 17.2. The van der Waals surface area contributed by atoms with Crippen LogP contribution in [0.25, 0.3) is 0 Å². The van der Waals surface area contributed by atoms with Crippen molar-refractivity contribution in [3.63, 3.8) is 0 Å². The predicted molar refractivity (Wildman–Crippen MR) is 91.7 cm³/mol. The summed E-state index contributed by atoms with van der Waals surface area (Å²) in [5.41, 5.74) is 0. The topological polar surface area (TPSA) is 63.7 Å². The Morgan fingerprint density at radius 1 is 1.12 bits per heavy atom. The van der Waals surface area contributed by atoms with Crippen LogP contribution in [-0.2, 0) is 14.6 Å². The average molecular weight is 351 g/mol. The maximum Gasteiger partial charge on any atom is 0.222 e. The molecule has 1 saturated carbocycles. The van der Waals surface area contributed by atoms with Crippen molar-refractivity contribution >= 4 is 15.7 Å². The third-order valence-electron chi connectivity index (χ3n) is 5.22. The van der Waals surface area contributed by atoms with Gasteiger partial charge >= 0.3 is 0 Å². The smallest absolute Gasteiger partial charge is 0.222 e. The Hall–Kier alpha value is -1.56. The maximum absolute atomic E-state index is 12.6. The fourth-order valence-electron chi connectivity index (χ4n) is 3.56. The number of hydrogen-bond donors (Lipinski definition) is 0. The molecule has 2 aliphatic rings. The first kappa shape index (κ1) is 17.3. The fraction of sp³-hybridized carbons (Fsp3) is 0.611. The molecule has 1 aromatic rings. The highest BCUT2D eigenvalue weighted by molar-refractivity contribution is 7.92. The quantitative estimate of drug-likeness (QED) is 0.818. The first-order valence-corrected chi connectivity index (χ1v) is 10.2. The van der Waals surface area contributed by atoms with E-state index < -0.39 is 15.1 Å². The van der Waals surface area contributed by atoms with Gasteiger partial charge in [0.05, 0.1) is 12.0 Å². The number of likely N-dealkylation sites (tertiary alicyclic amines) is 1. The van der Waals surface area contributed by atoms with Crippen molar-refractivity contribution in [3.05, 3.63) is 24.3 Å². The summed E-state index contributed by atoms with van der Waals surface area (Å²) < 4.78 is 30.2. The lowest BCUT2D eigenvalue weighted by atomic mass is 9.86. The van der Waals surface area contributed by atoms with E-state index >= 15 is 0 Å². The number of benzene rings is 1. The summed E-state index contributed by atoms with van der Waals surface area (Å²) in [4.78, 5) is 14.3. The minimum Gasteiger partial charge on any atom is -0.497 e. The second-order valence-corrected chi connectivity index (χ2v) is 9.08. The van der Waals surface area contributed by atoms with E-state index in [4.69, 9.17) is 4.74 Å². The van der Waals surface area contributed by atoms with Gasteiger partial charge in [0.1, 0.15) is 11.0 Å². The van der Waals surface area contributed by atoms with Gasteiger partial charge in [-0.2, -0.15) is 0 Å². The standard InChI is InChI=1S/C18H25NO4S/c1-23-15-7-9-16(10-8-15)24(21,22)17-12-19(13-17)18(20)11-14-5-3-2-4-6-14/h7-10,14,17H,2-6,11-13H2,1H3. The van der Waals surface area contributed by atoms with Gasteiger partial charge in [-0.3, -0.25) is 4.79 Å². The highest BCUT2D eigenvalue weighted by Gasteiger charge is 2.40. The molecule has 0 aromatic heterocycles. The molecule has 2 fully saturated rings. The Morgan fingerprint density at radius 3 is 2.33 bits per heavy atom. The van der Waals surface area contributed by atoms with Crippen molar-refractivity contribution in [2.24, 2.45) is 5.92 Å². The number of carbonyl (C=O) groups excluding carboxylic acids is 1. The molecule has 1 aromatic carbocycles. The van der Waals surface area contributed by atoms with Gasteiger partial charge in [-0.25, -0.2) is 8.42 Å². The molecule has 1 amide bonds.